The van der Waals surface area contributed by atoms with Crippen molar-refractivity contribution in [2.45, 2.75) is 6.92 Å². The molecule has 0 unspecified atom stereocenters. The number of hydrogen-bond donors (Lipinski definition) is 0. The smallest absolute Gasteiger partial charge is 0.153 e. The minimum absolute atomic E-state index is 0.0943. The molecular weight excluding hydrogens is 211 g/mol. The lowest BCUT2D eigenvalue weighted by molar-refractivity contribution is 0.111. The van der Waals surface area contributed by atoms with Crippen LogP contribution in [0, 0.1) is 12.7 Å². The van der Waals surface area contributed by atoms with E-state index in [1.807, 2.05) is 0 Å². The van der Waals surface area contributed by atoms with E-state index in [9.17, 15) is 9.18 Å². The zero-order valence-corrected chi connectivity index (χ0v) is 7.48. The van der Waals surface area contributed by atoms with Crippen LogP contribution >= 0.6 is 15.9 Å². The second kappa shape index (κ2) is 3.13. The van der Waals surface area contributed by atoms with Gasteiger partial charge in [0.2, 0.25) is 0 Å². The second-order valence-corrected chi connectivity index (χ2v) is 3.12. The summed E-state index contributed by atoms with van der Waals surface area (Å²) in [5.41, 5.74) is 0.956. The highest BCUT2D eigenvalue weighted by Crippen LogP contribution is 2.19. The van der Waals surface area contributed by atoms with Crippen LogP contribution in [-0.2, 0) is 0 Å². The molecule has 0 aliphatic carbocycles. The summed E-state index contributed by atoms with van der Waals surface area (Å²) >= 11 is 3.00. The lowest BCUT2D eigenvalue weighted by Gasteiger charge is -1.99. The van der Waals surface area contributed by atoms with Crippen LogP contribution in [0.3, 0.4) is 0 Å². The molecule has 0 aliphatic rings. The van der Waals surface area contributed by atoms with E-state index in [1.165, 1.54) is 6.07 Å². The first-order valence-corrected chi connectivity index (χ1v) is 3.85. The van der Waals surface area contributed by atoms with Crippen LogP contribution < -0.4 is 0 Å². The van der Waals surface area contributed by atoms with Gasteiger partial charge in [-0.2, -0.15) is 0 Å². The van der Waals surface area contributed by atoms with Gasteiger partial charge in [0, 0.05) is 0 Å². The summed E-state index contributed by atoms with van der Waals surface area (Å²) in [6, 6.07) is 3.13. The van der Waals surface area contributed by atoms with Crippen LogP contribution in [0.4, 0.5) is 4.39 Å². The van der Waals surface area contributed by atoms with Gasteiger partial charge in [0.15, 0.2) is 6.29 Å². The highest BCUT2D eigenvalue weighted by Gasteiger charge is 2.05. The predicted octanol–water partition coefficient (Wildman–Crippen LogP) is 2.71. The molecule has 0 spiro atoms. The van der Waals surface area contributed by atoms with Crippen LogP contribution in [0.25, 0.3) is 0 Å². The highest BCUT2D eigenvalue weighted by molar-refractivity contribution is 9.10. The van der Waals surface area contributed by atoms with Gasteiger partial charge in [0.05, 0.1) is 10.0 Å². The van der Waals surface area contributed by atoms with Gasteiger partial charge in [-0.15, -0.1) is 0 Å². The quantitative estimate of drug-likeness (QED) is 0.661. The number of hydrogen-bond acceptors (Lipinski definition) is 1. The molecule has 0 radical (unpaired) electrons. The molecular formula is C8H6BrFO. The summed E-state index contributed by atoms with van der Waals surface area (Å²) in [6.07, 6.45) is 0.507. The van der Waals surface area contributed by atoms with E-state index in [1.54, 1.807) is 13.0 Å². The summed E-state index contributed by atoms with van der Waals surface area (Å²) in [4.78, 5) is 10.3. The van der Waals surface area contributed by atoms with E-state index in [0.717, 1.165) is 5.56 Å². The Morgan fingerprint density at radius 2 is 2.18 bits per heavy atom. The van der Waals surface area contributed by atoms with Crippen molar-refractivity contribution in [1.29, 1.82) is 0 Å². The lowest BCUT2D eigenvalue weighted by atomic mass is 10.1. The van der Waals surface area contributed by atoms with Gasteiger partial charge in [0.1, 0.15) is 5.82 Å². The molecule has 0 fully saturated rings. The fourth-order valence-corrected chi connectivity index (χ4v) is 1.43. The van der Waals surface area contributed by atoms with Gasteiger partial charge in [-0.05, 0) is 40.5 Å². The van der Waals surface area contributed by atoms with Gasteiger partial charge in [-0.1, -0.05) is 0 Å². The topological polar surface area (TPSA) is 17.1 Å². The molecule has 11 heavy (non-hydrogen) atoms. The summed E-state index contributed by atoms with van der Waals surface area (Å²) in [6.45, 7) is 1.80. The Morgan fingerprint density at radius 1 is 1.55 bits per heavy atom. The van der Waals surface area contributed by atoms with E-state index in [4.69, 9.17) is 0 Å². The number of aldehydes is 1. The molecule has 1 rings (SSSR count). The minimum atomic E-state index is -0.495. The third-order valence-corrected chi connectivity index (χ3v) is 1.90. The Kier molecular flexibility index (Phi) is 2.39. The van der Waals surface area contributed by atoms with Crippen molar-refractivity contribution in [3.8, 4) is 0 Å². The largest absolute Gasteiger partial charge is 0.298 e. The average molecular weight is 217 g/mol. The Labute approximate surface area is 72.4 Å². The first kappa shape index (κ1) is 8.40. The molecule has 0 saturated heterocycles. The average Bonchev–Trinajstić information content (AvgIpc) is 1.96. The van der Waals surface area contributed by atoms with Crippen molar-refractivity contribution in [2.24, 2.45) is 0 Å². The van der Waals surface area contributed by atoms with Crippen molar-refractivity contribution < 1.29 is 9.18 Å². The number of halogens is 2. The molecule has 1 aromatic rings. The molecule has 1 nitrogen and oxygen atoms in total. The Morgan fingerprint density at radius 3 is 2.73 bits per heavy atom. The SMILES string of the molecule is Cc1cc(Br)c(F)c(C=O)c1. The molecule has 1 aromatic carbocycles. The van der Waals surface area contributed by atoms with Crippen LogP contribution in [-0.4, -0.2) is 6.29 Å². The molecule has 0 aliphatic heterocycles. The van der Waals surface area contributed by atoms with E-state index >= 15 is 0 Å². The molecule has 0 saturated carbocycles. The van der Waals surface area contributed by atoms with Gasteiger partial charge >= 0.3 is 0 Å². The van der Waals surface area contributed by atoms with Crippen LogP contribution in [0.5, 0.6) is 0 Å². The summed E-state index contributed by atoms with van der Waals surface area (Å²) < 4.78 is 13.2. The van der Waals surface area contributed by atoms with E-state index < -0.39 is 5.82 Å². The maximum atomic E-state index is 12.9. The lowest BCUT2D eigenvalue weighted by Crippen LogP contribution is -1.89. The van der Waals surface area contributed by atoms with E-state index in [0.29, 0.717) is 10.8 Å². The summed E-state index contributed by atoms with van der Waals surface area (Å²) in [7, 11) is 0. The van der Waals surface area contributed by atoms with Crippen LogP contribution in [0.2, 0.25) is 0 Å². The summed E-state index contributed by atoms with van der Waals surface area (Å²) in [5.74, 6) is -0.495. The maximum absolute atomic E-state index is 12.9. The van der Waals surface area contributed by atoms with Crippen molar-refractivity contribution in [3.63, 3.8) is 0 Å². The fraction of sp³-hybridized carbons (Fsp3) is 0.125. The van der Waals surface area contributed by atoms with E-state index in [2.05, 4.69) is 15.9 Å². The number of benzene rings is 1. The van der Waals surface area contributed by atoms with Crippen molar-refractivity contribution in [1.82, 2.24) is 0 Å². The Hall–Kier alpha value is -0.700. The first-order chi connectivity index (χ1) is 5.15. The van der Waals surface area contributed by atoms with Crippen LogP contribution in [0.15, 0.2) is 16.6 Å². The van der Waals surface area contributed by atoms with Crippen molar-refractivity contribution in [3.05, 3.63) is 33.5 Å². The second-order valence-electron chi connectivity index (χ2n) is 2.27. The van der Waals surface area contributed by atoms with Gasteiger partial charge in [-0.3, -0.25) is 4.79 Å². The Bertz CT molecular complexity index is 296. The standard InChI is InChI=1S/C8H6BrFO/c1-5-2-6(4-11)8(10)7(9)3-5/h2-4H,1H3. The molecule has 58 valence electrons. The number of aryl methyl sites for hydroxylation is 1. The van der Waals surface area contributed by atoms with Crippen molar-refractivity contribution >= 4 is 22.2 Å². The first-order valence-electron chi connectivity index (χ1n) is 3.06. The number of carbonyl (C=O) groups is 1. The fourth-order valence-electron chi connectivity index (χ4n) is 0.837. The molecule has 3 heteroatoms. The third-order valence-electron chi connectivity index (χ3n) is 1.33. The van der Waals surface area contributed by atoms with Gasteiger partial charge in [0.25, 0.3) is 0 Å². The monoisotopic (exact) mass is 216 g/mol. The molecule has 0 bridgehead atoms. The van der Waals surface area contributed by atoms with Crippen molar-refractivity contribution in [2.75, 3.05) is 0 Å². The van der Waals surface area contributed by atoms with Gasteiger partial charge in [-0.25, -0.2) is 4.39 Å². The zero-order chi connectivity index (χ0) is 8.43. The Balaban J connectivity index is 3.35. The number of carbonyl (C=O) groups excluding carboxylic acids is 1. The van der Waals surface area contributed by atoms with Crippen LogP contribution in [0.1, 0.15) is 15.9 Å². The minimum Gasteiger partial charge on any atom is -0.298 e. The normalized spacial score (nSPS) is 9.73. The highest BCUT2D eigenvalue weighted by atomic mass is 79.9. The van der Waals surface area contributed by atoms with E-state index in [-0.39, 0.29) is 5.56 Å². The molecule has 0 amide bonds. The molecule has 0 heterocycles. The molecule has 0 atom stereocenters. The summed E-state index contributed by atoms with van der Waals surface area (Å²) in [5, 5.41) is 0. The zero-order valence-electron chi connectivity index (χ0n) is 5.90. The molecule has 0 N–H and O–H groups in total. The maximum Gasteiger partial charge on any atom is 0.153 e. The molecule has 0 aromatic heterocycles. The van der Waals surface area contributed by atoms with Gasteiger partial charge < -0.3 is 0 Å². The predicted molar refractivity (Wildman–Crippen MR) is 44.2 cm³/mol. The third kappa shape index (κ3) is 1.66. The number of rotatable bonds is 1.